The van der Waals surface area contributed by atoms with Crippen LogP contribution < -0.4 is 0 Å². The Morgan fingerprint density at radius 2 is 2.36 bits per heavy atom. The Balaban J connectivity index is 2.60. The Labute approximate surface area is 65.7 Å². The first-order chi connectivity index (χ1) is 5.10. The molecule has 0 aromatic carbocycles. The van der Waals surface area contributed by atoms with Gasteiger partial charge < -0.3 is 9.84 Å². The Morgan fingerprint density at radius 3 is 2.64 bits per heavy atom. The fourth-order valence-corrected chi connectivity index (χ4v) is 1.50. The number of hydrogen-bond acceptors (Lipinski definition) is 2. The molecule has 1 N–H and O–H groups in total. The zero-order valence-electron chi connectivity index (χ0n) is 6.59. The molecule has 11 heavy (non-hydrogen) atoms. The summed E-state index contributed by atoms with van der Waals surface area (Å²) in [5, 5.41) is 8.81. The number of aliphatic carboxylic acids is 1. The van der Waals surface area contributed by atoms with Crippen molar-refractivity contribution in [2.75, 3.05) is 13.7 Å². The number of allylic oxidation sites excluding steroid dienone is 1. The van der Waals surface area contributed by atoms with Gasteiger partial charge >= 0.3 is 5.97 Å². The topological polar surface area (TPSA) is 46.5 Å². The number of ether oxygens (including phenoxy) is 1. The fraction of sp³-hybridized carbons (Fsp3) is 0.625. The summed E-state index contributed by atoms with van der Waals surface area (Å²) in [6, 6.07) is 0. The number of carbonyl (C=O) groups is 1. The SMILES string of the molecule is C=C1CC(COC)(C(=O)O)C1. The van der Waals surface area contributed by atoms with E-state index >= 15 is 0 Å². The van der Waals surface area contributed by atoms with Crippen LogP contribution in [0, 0.1) is 5.41 Å². The summed E-state index contributed by atoms with van der Waals surface area (Å²) in [7, 11) is 1.52. The van der Waals surface area contributed by atoms with E-state index in [-0.39, 0.29) is 0 Å². The molecule has 1 fully saturated rings. The molecule has 1 aliphatic rings. The minimum atomic E-state index is -0.772. The quantitative estimate of drug-likeness (QED) is 0.621. The molecule has 0 spiro atoms. The maximum absolute atomic E-state index is 10.7. The summed E-state index contributed by atoms with van der Waals surface area (Å²) in [6.07, 6.45) is 1.13. The number of rotatable bonds is 3. The molecule has 1 saturated carbocycles. The lowest BCUT2D eigenvalue weighted by Gasteiger charge is -2.38. The molecule has 0 unspecified atom stereocenters. The van der Waals surface area contributed by atoms with Crippen LogP contribution in [0.15, 0.2) is 12.2 Å². The molecular formula is C8H12O3. The molecule has 0 aromatic heterocycles. The third-order valence-electron chi connectivity index (χ3n) is 2.05. The van der Waals surface area contributed by atoms with Crippen LogP contribution in [-0.2, 0) is 9.53 Å². The number of carboxylic acid groups (broad SMARTS) is 1. The molecule has 3 heteroatoms. The van der Waals surface area contributed by atoms with E-state index in [2.05, 4.69) is 6.58 Å². The van der Waals surface area contributed by atoms with Crippen molar-refractivity contribution in [2.45, 2.75) is 12.8 Å². The molecule has 0 amide bonds. The van der Waals surface area contributed by atoms with E-state index in [1.54, 1.807) is 0 Å². The van der Waals surface area contributed by atoms with E-state index in [1.165, 1.54) is 7.11 Å². The Hall–Kier alpha value is -0.830. The van der Waals surface area contributed by atoms with Gasteiger partial charge in [-0.1, -0.05) is 12.2 Å². The molecule has 3 nitrogen and oxygen atoms in total. The van der Waals surface area contributed by atoms with Crippen molar-refractivity contribution < 1.29 is 14.6 Å². The minimum absolute atomic E-state index is 0.293. The lowest BCUT2D eigenvalue weighted by Crippen LogP contribution is -2.43. The van der Waals surface area contributed by atoms with E-state index in [0.29, 0.717) is 19.4 Å². The monoisotopic (exact) mass is 156 g/mol. The molecule has 62 valence electrons. The van der Waals surface area contributed by atoms with E-state index in [1.807, 2.05) is 0 Å². The fourth-order valence-electron chi connectivity index (χ4n) is 1.50. The normalized spacial score (nSPS) is 21.0. The first-order valence-electron chi connectivity index (χ1n) is 3.50. The molecule has 0 atom stereocenters. The number of hydrogen-bond donors (Lipinski definition) is 1. The van der Waals surface area contributed by atoms with Crippen molar-refractivity contribution in [1.29, 1.82) is 0 Å². The molecule has 0 bridgehead atoms. The zero-order valence-corrected chi connectivity index (χ0v) is 6.59. The first-order valence-corrected chi connectivity index (χ1v) is 3.50. The van der Waals surface area contributed by atoms with Gasteiger partial charge in [-0.3, -0.25) is 4.79 Å². The Morgan fingerprint density at radius 1 is 1.82 bits per heavy atom. The van der Waals surface area contributed by atoms with Gasteiger partial charge in [0.1, 0.15) is 0 Å². The van der Waals surface area contributed by atoms with Crippen molar-refractivity contribution in [1.82, 2.24) is 0 Å². The third-order valence-corrected chi connectivity index (χ3v) is 2.05. The van der Waals surface area contributed by atoms with Crippen molar-refractivity contribution in [3.05, 3.63) is 12.2 Å². The number of carboxylic acids is 1. The highest BCUT2D eigenvalue weighted by Gasteiger charge is 2.46. The molecular weight excluding hydrogens is 144 g/mol. The van der Waals surface area contributed by atoms with Gasteiger partial charge in [-0.05, 0) is 12.8 Å². The highest BCUT2D eigenvalue weighted by molar-refractivity contribution is 5.77. The molecule has 0 saturated heterocycles. The summed E-state index contributed by atoms with van der Waals surface area (Å²) in [5.74, 6) is -0.772. The summed E-state index contributed by atoms with van der Waals surface area (Å²) in [4.78, 5) is 10.7. The minimum Gasteiger partial charge on any atom is -0.481 e. The van der Waals surface area contributed by atoms with E-state index < -0.39 is 11.4 Å². The van der Waals surface area contributed by atoms with Crippen LogP contribution in [0.25, 0.3) is 0 Å². The second-order valence-corrected chi connectivity index (χ2v) is 3.12. The van der Waals surface area contributed by atoms with Gasteiger partial charge in [-0.2, -0.15) is 0 Å². The molecule has 1 aliphatic carbocycles. The van der Waals surface area contributed by atoms with Crippen LogP contribution in [0.2, 0.25) is 0 Å². The van der Waals surface area contributed by atoms with Gasteiger partial charge in [-0.15, -0.1) is 0 Å². The maximum Gasteiger partial charge on any atom is 0.312 e. The average molecular weight is 156 g/mol. The lowest BCUT2D eigenvalue weighted by atomic mass is 9.66. The maximum atomic E-state index is 10.7. The van der Waals surface area contributed by atoms with Crippen LogP contribution in [0.5, 0.6) is 0 Å². The van der Waals surface area contributed by atoms with Gasteiger partial charge in [-0.25, -0.2) is 0 Å². The highest BCUT2D eigenvalue weighted by Crippen LogP contribution is 2.44. The Bertz CT molecular complexity index is 188. The second kappa shape index (κ2) is 2.66. The highest BCUT2D eigenvalue weighted by atomic mass is 16.5. The average Bonchev–Trinajstić information content (AvgIpc) is 1.84. The van der Waals surface area contributed by atoms with Crippen LogP contribution in [0.1, 0.15) is 12.8 Å². The molecule has 0 heterocycles. The van der Waals surface area contributed by atoms with Crippen LogP contribution in [-0.4, -0.2) is 24.8 Å². The smallest absolute Gasteiger partial charge is 0.312 e. The van der Waals surface area contributed by atoms with Gasteiger partial charge in [0, 0.05) is 7.11 Å². The first kappa shape index (κ1) is 8.27. The summed E-state index contributed by atoms with van der Waals surface area (Å²) in [5.41, 5.74) is 0.343. The third kappa shape index (κ3) is 1.28. The Kier molecular flexibility index (Phi) is 2.00. The summed E-state index contributed by atoms with van der Waals surface area (Å²) < 4.78 is 4.84. The van der Waals surface area contributed by atoms with E-state index in [9.17, 15) is 4.79 Å². The van der Waals surface area contributed by atoms with Crippen molar-refractivity contribution in [3.8, 4) is 0 Å². The van der Waals surface area contributed by atoms with E-state index in [0.717, 1.165) is 5.57 Å². The zero-order chi connectivity index (χ0) is 8.48. The molecule has 0 aliphatic heterocycles. The molecule has 0 aromatic rings. The largest absolute Gasteiger partial charge is 0.481 e. The van der Waals surface area contributed by atoms with Crippen molar-refractivity contribution >= 4 is 5.97 Å². The summed E-state index contributed by atoms with van der Waals surface area (Å²) in [6.45, 7) is 3.99. The van der Waals surface area contributed by atoms with Gasteiger partial charge in [0.05, 0.1) is 12.0 Å². The van der Waals surface area contributed by atoms with E-state index in [4.69, 9.17) is 9.84 Å². The van der Waals surface area contributed by atoms with Crippen LogP contribution >= 0.6 is 0 Å². The van der Waals surface area contributed by atoms with Gasteiger partial charge in [0.25, 0.3) is 0 Å². The van der Waals surface area contributed by atoms with Crippen molar-refractivity contribution in [3.63, 3.8) is 0 Å². The standard InChI is InChI=1S/C8H12O3/c1-6-3-8(4-6,5-11-2)7(9)10/h1,3-5H2,2H3,(H,9,10). The summed E-state index contributed by atoms with van der Waals surface area (Å²) >= 11 is 0. The van der Waals surface area contributed by atoms with Gasteiger partial charge in [0.15, 0.2) is 0 Å². The van der Waals surface area contributed by atoms with Crippen LogP contribution in [0.3, 0.4) is 0 Å². The molecule has 1 rings (SSSR count). The van der Waals surface area contributed by atoms with Gasteiger partial charge in [0.2, 0.25) is 0 Å². The predicted molar refractivity (Wildman–Crippen MR) is 40.3 cm³/mol. The predicted octanol–water partition coefficient (Wildman–Crippen LogP) is 1.05. The van der Waals surface area contributed by atoms with Crippen molar-refractivity contribution in [2.24, 2.45) is 5.41 Å². The second-order valence-electron chi connectivity index (χ2n) is 3.12. The van der Waals surface area contributed by atoms with Crippen LogP contribution in [0.4, 0.5) is 0 Å². The lowest BCUT2D eigenvalue weighted by molar-refractivity contribution is -0.155. The molecule has 0 radical (unpaired) electrons. The number of methoxy groups -OCH3 is 1.